The number of ketones is 1. The van der Waals surface area contributed by atoms with Crippen molar-refractivity contribution >= 4 is 28.5 Å². The summed E-state index contributed by atoms with van der Waals surface area (Å²) in [5.74, 6) is -0.303. The molecule has 1 heterocycles. The van der Waals surface area contributed by atoms with Gasteiger partial charge in [-0.3, -0.25) is 14.9 Å². The summed E-state index contributed by atoms with van der Waals surface area (Å²) in [6.45, 7) is 2.04. The maximum absolute atomic E-state index is 11.5. The Hall–Kier alpha value is -2.21. The van der Waals surface area contributed by atoms with E-state index in [9.17, 15) is 14.9 Å². The van der Waals surface area contributed by atoms with Gasteiger partial charge in [0.2, 0.25) is 0 Å². The largest absolute Gasteiger partial charge is 0.369 e. The Morgan fingerprint density at radius 3 is 2.70 bits per heavy atom. The van der Waals surface area contributed by atoms with Crippen molar-refractivity contribution in [1.82, 2.24) is 0 Å². The number of nitro groups is 1. The fourth-order valence-corrected chi connectivity index (χ4v) is 2.69. The number of Topliss-reactive ketones (excluding diaryl/α,β-unsaturated/α-hetero) is 1. The molecule has 104 valence electrons. The first-order valence-electron chi connectivity index (χ1n) is 6.02. The van der Waals surface area contributed by atoms with Gasteiger partial charge in [0.05, 0.1) is 17.0 Å². The predicted octanol–water partition coefficient (Wildman–Crippen LogP) is 3.50. The minimum atomic E-state index is -0.528. The van der Waals surface area contributed by atoms with Gasteiger partial charge in [-0.2, -0.15) is 0 Å². The smallest absolute Gasteiger partial charge is 0.280 e. The van der Waals surface area contributed by atoms with Crippen molar-refractivity contribution in [1.29, 1.82) is 0 Å². The molecule has 0 spiro atoms. The molecule has 0 bridgehead atoms. The molecule has 2 rings (SSSR count). The average Bonchev–Trinajstić information content (AvgIpc) is 2.90. The molecule has 0 saturated heterocycles. The van der Waals surface area contributed by atoms with Crippen LogP contribution in [-0.4, -0.2) is 17.8 Å². The SMILES string of the molecule is CC(=O)c1cc(N(C)Cc2cccs2)ccc1[N+](=O)[O-]. The summed E-state index contributed by atoms with van der Waals surface area (Å²) in [6, 6.07) is 8.63. The Balaban J connectivity index is 2.31. The van der Waals surface area contributed by atoms with Crippen molar-refractivity contribution in [3.63, 3.8) is 0 Å². The summed E-state index contributed by atoms with van der Waals surface area (Å²) in [7, 11) is 1.89. The second-order valence-electron chi connectivity index (χ2n) is 4.45. The minimum Gasteiger partial charge on any atom is -0.369 e. The van der Waals surface area contributed by atoms with Gasteiger partial charge in [0, 0.05) is 23.7 Å². The molecule has 0 amide bonds. The molecule has 2 aromatic rings. The Bertz CT molecular complexity index is 638. The second kappa shape index (κ2) is 5.83. The summed E-state index contributed by atoms with van der Waals surface area (Å²) in [4.78, 5) is 25.1. The van der Waals surface area contributed by atoms with E-state index in [1.165, 1.54) is 17.9 Å². The van der Waals surface area contributed by atoms with Gasteiger partial charge in [0.1, 0.15) is 0 Å². The number of hydrogen-bond donors (Lipinski definition) is 0. The molecular weight excluding hydrogens is 276 g/mol. The number of rotatable bonds is 5. The molecule has 0 radical (unpaired) electrons. The monoisotopic (exact) mass is 290 g/mol. The first-order chi connectivity index (χ1) is 9.49. The van der Waals surface area contributed by atoms with Crippen molar-refractivity contribution in [3.05, 3.63) is 56.3 Å². The minimum absolute atomic E-state index is 0.144. The Morgan fingerprint density at radius 2 is 2.15 bits per heavy atom. The average molecular weight is 290 g/mol. The normalized spacial score (nSPS) is 10.3. The number of carbonyl (C=O) groups excluding carboxylic acids is 1. The standard InChI is InChI=1S/C14H14N2O3S/c1-10(17)13-8-11(5-6-14(13)16(18)19)15(2)9-12-4-3-7-20-12/h3-8H,9H2,1-2H3. The highest BCUT2D eigenvalue weighted by atomic mass is 32.1. The van der Waals surface area contributed by atoms with Crippen LogP contribution in [0.3, 0.4) is 0 Å². The van der Waals surface area contributed by atoms with E-state index in [1.807, 2.05) is 29.5 Å². The maximum Gasteiger partial charge on any atom is 0.280 e. The Kier molecular flexibility index (Phi) is 4.14. The van der Waals surface area contributed by atoms with E-state index in [-0.39, 0.29) is 17.0 Å². The summed E-state index contributed by atoms with van der Waals surface area (Å²) < 4.78 is 0. The van der Waals surface area contributed by atoms with Crippen molar-refractivity contribution in [2.24, 2.45) is 0 Å². The van der Waals surface area contributed by atoms with Crippen LogP contribution in [0.15, 0.2) is 35.7 Å². The fourth-order valence-electron chi connectivity index (χ4n) is 1.93. The van der Waals surface area contributed by atoms with E-state index >= 15 is 0 Å². The van der Waals surface area contributed by atoms with Gasteiger partial charge >= 0.3 is 0 Å². The molecule has 5 nitrogen and oxygen atoms in total. The molecule has 0 aliphatic rings. The van der Waals surface area contributed by atoms with E-state index in [1.54, 1.807) is 23.5 Å². The van der Waals surface area contributed by atoms with Crippen molar-refractivity contribution in [2.75, 3.05) is 11.9 Å². The molecule has 0 fully saturated rings. The lowest BCUT2D eigenvalue weighted by Crippen LogP contribution is -2.16. The number of thiophene rings is 1. The summed E-state index contributed by atoms with van der Waals surface area (Å²) >= 11 is 1.65. The van der Waals surface area contributed by atoms with Gasteiger partial charge in [-0.15, -0.1) is 11.3 Å². The highest BCUT2D eigenvalue weighted by molar-refractivity contribution is 7.09. The topological polar surface area (TPSA) is 63.5 Å². The molecule has 0 saturated carbocycles. The molecule has 20 heavy (non-hydrogen) atoms. The van der Waals surface area contributed by atoms with Crippen molar-refractivity contribution in [3.8, 4) is 0 Å². The molecule has 0 unspecified atom stereocenters. The van der Waals surface area contributed by atoms with Crippen LogP contribution in [0, 0.1) is 10.1 Å². The van der Waals surface area contributed by atoms with Crippen LogP contribution in [0.2, 0.25) is 0 Å². The van der Waals surface area contributed by atoms with E-state index in [0.717, 1.165) is 5.69 Å². The summed E-state index contributed by atoms with van der Waals surface area (Å²) in [5, 5.41) is 12.9. The number of hydrogen-bond acceptors (Lipinski definition) is 5. The van der Waals surface area contributed by atoms with Crippen molar-refractivity contribution in [2.45, 2.75) is 13.5 Å². The first kappa shape index (κ1) is 14.2. The second-order valence-corrected chi connectivity index (χ2v) is 5.48. The summed E-state index contributed by atoms with van der Waals surface area (Å²) in [5.41, 5.74) is 0.783. The van der Waals surface area contributed by atoms with E-state index in [4.69, 9.17) is 0 Å². The third-order valence-corrected chi connectivity index (χ3v) is 3.83. The quantitative estimate of drug-likeness (QED) is 0.480. The Morgan fingerprint density at radius 1 is 1.40 bits per heavy atom. The van der Waals surface area contributed by atoms with Crippen LogP contribution in [0.1, 0.15) is 22.2 Å². The maximum atomic E-state index is 11.5. The van der Waals surface area contributed by atoms with Gasteiger partial charge in [-0.25, -0.2) is 0 Å². The van der Waals surface area contributed by atoms with Crippen LogP contribution in [0.4, 0.5) is 11.4 Å². The molecule has 0 aliphatic heterocycles. The zero-order valence-electron chi connectivity index (χ0n) is 11.2. The fraction of sp³-hybridized carbons (Fsp3) is 0.214. The third kappa shape index (κ3) is 3.03. The van der Waals surface area contributed by atoms with Gasteiger partial charge < -0.3 is 4.90 Å². The molecule has 6 heteroatoms. The highest BCUT2D eigenvalue weighted by Crippen LogP contribution is 2.26. The Labute approximate surface area is 120 Å². The van der Waals surface area contributed by atoms with Crippen LogP contribution in [0.5, 0.6) is 0 Å². The lowest BCUT2D eigenvalue weighted by Gasteiger charge is -2.19. The molecular formula is C14H14N2O3S. The number of benzene rings is 1. The van der Waals surface area contributed by atoms with Crippen LogP contribution in [0.25, 0.3) is 0 Å². The van der Waals surface area contributed by atoms with Gasteiger partial charge in [0.25, 0.3) is 5.69 Å². The molecule has 0 N–H and O–H groups in total. The van der Waals surface area contributed by atoms with Crippen LogP contribution in [-0.2, 0) is 6.54 Å². The molecule has 1 aromatic heterocycles. The zero-order chi connectivity index (χ0) is 14.7. The molecule has 1 aromatic carbocycles. The highest BCUT2D eigenvalue weighted by Gasteiger charge is 2.18. The van der Waals surface area contributed by atoms with Gasteiger partial charge in [0.15, 0.2) is 5.78 Å². The number of nitrogens with zero attached hydrogens (tertiary/aromatic N) is 2. The predicted molar refractivity (Wildman–Crippen MR) is 79.5 cm³/mol. The van der Waals surface area contributed by atoms with Gasteiger partial charge in [-0.1, -0.05) is 6.07 Å². The molecule has 0 atom stereocenters. The van der Waals surface area contributed by atoms with E-state index < -0.39 is 4.92 Å². The molecule has 0 aliphatic carbocycles. The third-order valence-electron chi connectivity index (χ3n) is 2.97. The van der Waals surface area contributed by atoms with Crippen LogP contribution >= 0.6 is 11.3 Å². The lowest BCUT2D eigenvalue weighted by molar-refractivity contribution is -0.385. The van der Waals surface area contributed by atoms with Crippen LogP contribution < -0.4 is 4.90 Å². The van der Waals surface area contributed by atoms with E-state index in [2.05, 4.69) is 0 Å². The first-order valence-corrected chi connectivity index (χ1v) is 6.90. The summed E-state index contributed by atoms with van der Waals surface area (Å²) in [6.07, 6.45) is 0. The zero-order valence-corrected chi connectivity index (χ0v) is 12.0. The van der Waals surface area contributed by atoms with Gasteiger partial charge in [-0.05, 0) is 30.5 Å². The lowest BCUT2D eigenvalue weighted by atomic mass is 10.1. The number of nitro benzene ring substituents is 1. The number of anilines is 1. The van der Waals surface area contributed by atoms with E-state index in [0.29, 0.717) is 6.54 Å². The number of carbonyl (C=O) groups is 1. The van der Waals surface area contributed by atoms with Crippen molar-refractivity contribution < 1.29 is 9.72 Å².